The second-order valence-electron chi connectivity index (χ2n) is 4.93. The van der Waals surface area contributed by atoms with Crippen LogP contribution in [0.1, 0.15) is 23.6 Å². The van der Waals surface area contributed by atoms with Crippen LogP contribution in [0.2, 0.25) is 0 Å². The third-order valence-corrected chi connectivity index (χ3v) is 4.38. The Bertz CT molecular complexity index is 361. The van der Waals surface area contributed by atoms with Gasteiger partial charge in [0, 0.05) is 35.4 Å². The first-order chi connectivity index (χ1) is 8.63. The molecule has 1 aromatic heterocycles. The number of hydrogen-bond acceptors (Lipinski definition) is 3. The SMILES string of the molecule is C=CC(C)(CNCCOC)Cc1ccc(CC)s1. The van der Waals surface area contributed by atoms with Gasteiger partial charge in [0.1, 0.15) is 0 Å². The molecule has 1 N–H and O–H groups in total. The molecule has 1 aromatic rings. The maximum atomic E-state index is 5.04. The van der Waals surface area contributed by atoms with Gasteiger partial charge in [-0.2, -0.15) is 0 Å². The molecule has 1 atom stereocenters. The lowest BCUT2D eigenvalue weighted by Crippen LogP contribution is -2.33. The summed E-state index contributed by atoms with van der Waals surface area (Å²) in [6.07, 6.45) is 4.25. The van der Waals surface area contributed by atoms with Gasteiger partial charge in [-0.15, -0.1) is 17.9 Å². The van der Waals surface area contributed by atoms with Crippen LogP contribution in [0.4, 0.5) is 0 Å². The lowest BCUT2D eigenvalue weighted by molar-refractivity contribution is 0.196. The van der Waals surface area contributed by atoms with Gasteiger partial charge in [-0.3, -0.25) is 0 Å². The Morgan fingerprint density at radius 3 is 2.72 bits per heavy atom. The largest absolute Gasteiger partial charge is 0.383 e. The summed E-state index contributed by atoms with van der Waals surface area (Å²) in [6.45, 7) is 11.0. The second-order valence-corrected chi connectivity index (χ2v) is 6.18. The minimum absolute atomic E-state index is 0.115. The number of thiophene rings is 1. The summed E-state index contributed by atoms with van der Waals surface area (Å²) in [7, 11) is 1.73. The van der Waals surface area contributed by atoms with E-state index in [0.717, 1.165) is 32.5 Å². The van der Waals surface area contributed by atoms with Gasteiger partial charge in [0.05, 0.1) is 6.61 Å². The highest BCUT2D eigenvalue weighted by atomic mass is 32.1. The Kier molecular flexibility index (Phi) is 6.61. The van der Waals surface area contributed by atoms with Crippen LogP contribution in [0.15, 0.2) is 24.8 Å². The smallest absolute Gasteiger partial charge is 0.0587 e. The van der Waals surface area contributed by atoms with Gasteiger partial charge < -0.3 is 10.1 Å². The highest BCUT2D eigenvalue weighted by Crippen LogP contribution is 2.27. The standard InChI is InChI=1S/C15H25NOS/c1-5-13-7-8-14(18-13)11-15(3,6-2)12-16-9-10-17-4/h6-8,16H,2,5,9-12H2,1,3-4H3. The monoisotopic (exact) mass is 267 g/mol. The molecule has 0 aliphatic heterocycles. The zero-order valence-corrected chi connectivity index (χ0v) is 12.6. The van der Waals surface area contributed by atoms with E-state index in [1.165, 1.54) is 9.75 Å². The fourth-order valence-electron chi connectivity index (χ4n) is 1.86. The molecule has 0 fully saturated rings. The number of nitrogens with one attached hydrogen (secondary N) is 1. The molecule has 0 aromatic carbocycles. The fraction of sp³-hybridized carbons (Fsp3) is 0.600. The molecule has 2 nitrogen and oxygen atoms in total. The third kappa shape index (κ3) is 4.92. The van der Waals surface area contributed by atoms with E-state index in [-0.39, 0.29) is 5.41 Å². The maximum Gasteiger partial charge on any atom is 0.0587 e. The third-order valence-electron chi connectivity index (χ3n) is 3.15. The molecule has 1 unspecified atom stereocenters. The fourth-order valence-corrected chi connectivity index (χ4v) is 3.02. The maximum absolute atomic E-state index is 5.04. The van der Waals surface area contributed by atoms with Crippen molar-refractivity contribution in [2.75, 3.05) is 26.8 Å². The van der Waals surface area contributed by atoms with Crippen molar-refractivity contribution in [3.05, 3.63) is 34.5 Å². The van der Waals surface area contributed by atoms with Crippen LogP contribution in [0.3, 0.4) is 0 Å². The van der Waals surface area contributed by atoms with E-state index in [2.05, 4.69) is 44.0 Å². The summed E-state index contributed by atoms with van der Waals surface area (Å²) in [6, 6.07) is 4.49. The number of ether oxygens (including phenoxy) is 1. The zero-order chi connectivity index (χ0) is 13.4. The van der Waals surface area contributed by atoms with Crippen LogP contribution in [0, 0.1) is 5.41 Å². The van der Waals surface area contributed by atoms with Gasteiger partial charge in [0.2, 0.25) is 0 Å². The van der Waals surface area contributed by atoms with Crippen LogP contribution in [-0.2, 0) is 17.6 Å². The summed E-state index contributed by atoms with van der Waals surface area (Å²) >= 11 is 1.92. The van der Waals surface area contributed by atoms with Crippen molar-refractivity contribution < 1.29 is 4.74 Å². The summed E-state index contributed by atoms with van der Waals surface area (Å²) < 4.78 is 5.04. The molecule has 0 spiro atoms. The minimum Gasteiger partial charge on any atom is -0.383 e. The van der Waals surface area contributed by atoms with E-state index in [1.54, 1.807) is 7.11 Å². The molecule has 18 heavy (non-hydrogen) atoms. The average molecular weight is 267 g/mol. The molecule has 1 rings (SSSR count). The van der Waals surface area contributed by atoms with Crippen LogP contribution < -0.4 is 5.32 Å². The van der Waals surface area contributed by atoms with Crippen molar-refractivity contribution in [2.45, 2.75) is 26.7 Å². The van der Waals surface area contributed by atoms with Gasteiger partial charge in [-0.1, -0.05) is 19.9 Å². The minimum atomic E-state index is 0.115. The topological polar surface area (TPSA) is 21.3 Å². The summed E-state index contributed by atoms with van der Waals surface area (Å²) in [5, 5.41) is 3.43. The number of methoxy groups -OCH3 is 1. The van der Waals surface area contributed by atoms with E-state index >= 15 is 0 Å². The molecule has 0 aliphatic carbocycles. The molecule has 0 aliphatic rings. The van der Waals surface area contributed by atoms with Gasteiger partial charge in [0.25, 0.3) is 0 Å². The molecule has 0 amide bonds. The predicted octanol–water partition coefficient (Wildman–Crippen LogP) is 3.28. The Morgan fingerprint density at radius 2 is 2.17 bits per heavy atom. The van der Waals surface area contributed by atoms with Crippen LogP contribution in [-0.4, -0.2) is 26.8 Å². The van der Waals surface area contributed by atoms with Crippen molar-refractivity contribution >= 4 is 11.3 Å². The molecule has 0 radical (unpaired) electrons. The molecule has 1 heterocycles. The lowest BCUT2D eigenvalue weighted by Gasteiger charge is -2.25. The molecular weight excluding hydrogens is 242 g/mol. The first-order valence-electron chi connectivity index (χ1n) is 6.54. The van der Waals surface area contributed by atoms with Crippen LogP contribution >= 0.6 is 11.3 Å². The second kappa shape index (κ2) is 7.72. The van der Waals surface area contributed by atoms with Crippen molar-refractivity contribution in [2.24, 2.45) is 5.41 Å². The number of hydrogen-bond donors (Lipinski definition) is 1. The van der Waals surface area contributed by atoms with Crippen LogP contribution in [0.5, 0.6) is 0 Å². The normalized spacial score (nSPS) is 14.4. The predicted molar refractivity (Wildman–Crippen MR) is 80.5 cm³/mol. The van der Waals surface area contributed by atoms with E-state index < -0.39 is 0 Å². The molecule has 3 heteroatoms. The van der Waals surface area contributed by atoms with Crippen molar-refractivity contribution in [1.29, 1.82) is 0 Å². The first-order valence-corrected chi connectivity index (χ1v) is 7.36. The Balaban J connectivity index is 2.50. The summed E-state index contributed by atoms with van der Waals surface area (Å²) in [5.41, 5.74) is 0.115. The highest BCUT2D eigenvalue weighted by Gasteiger charge is 2.21. The van der Waals surface area contributed by atoms with Crippen LogP contribution in [0.25, 0.3) is 0 Å². The molecule has 0 saturated heterocycles. The Labute approximate surface area is 115 Å². The zero-order valence-electron chi connectivity index (χ0n) is 11.8. The quantitative estimate of drug-likeness (QED) is 0.547. The Morgan fingerprint density at radius 1 is 1.44 bits per heavy atom. The van der Waals surface area contributed by atoms with Gasteiger partial charge in [0.15, 0.2) is 0 Å². The van der Waals surface area contributed by atoms with Crippen molar-refractivity contribution in [3.8, 4) is 0 Å². The van der Waals surface area contributed by atoms with Crippen molar-refractivity contribution in [3.63, 3.8) is 0 Å². The Hall–Kier alpha value is -0.640. The van der Waals surface area contributed by atoms with Gasteiger partial charge in [-0.25, -0.2) is 0 Å². The van der Waals surface area contributed by atoms with Gasteiger partial charge >= 0.3 is 0 Å². The summed E-state index contributed by atoms with van der Waals surface area (Å²) in [5.74, 6) is 0. The summed E-state index contributed by atoms with van der Waals surface area (Å²) in [4.78, 5) is 2.91. The van der Waals surface area contributed by atoms with E-state index in [4.69, 9.17) is 4.74 Å². The molecule has 0 saturated carbocycles. The van der Waals surface area contributed by atoms with E-state index in [9.17, 15) is 0 Å². The number of aryl methyl sites for hydroxylation is 1. The van der Waals surface area contributed by atoms with E-state index in [1.807, 2.05) is 11.3 Å². The molecule has 102 valence electrons. The van der Waals surface area contributed by atoms with Crippen molar-refractivity contribution in [1.82, 2.24) is 5.32 Å². The molecule has 0 bridgehead atoms. The van der Waals surface area contributed by atoms with E-state index in [0.29, 0.717) is 0 Å². The average Bonchev–Trinajstić information content (AvgIpc) is 2.82. The number of rotatable bonds is 9. The molecular formula is C15H25NOS. The lowest BCUT2D eigenvalue weighted by atomic mass is 9.86. The highest BCUT2D eigenvalue weighted by molar-refractivity contribution is 7.11. The first kappa shape index (κ1) is 15.4. The van der Waals surface area contributed by atoms with Gasteiger partial charge in [-0.05, 0) is 25.0 Å².